The first-order valence-electron chi connectivity index (χ1n) is 6.24. The molecule has 0 saturated heterocycles. The molecule has 1 aromatic carbocycles. The quantitative estimate of drug-likeness (QED) is 0.928. The monoisotopic (exact) mass is 287 g/mol. The maximum Gasteiger partial charge on any atom is 0.241 e. The number of benzene rings is 1. The lowest BCUT2D eigenvalue weighted by Crippen LogP contribution is -2.41. The van der Waals surface area contributed by atoms with Crippen molar-refractivity contribution in [3.05, 3.63) is 29.1 Å². The molecule has 0 bridgehead atoms. The molecule has 108 valence electrons. The Hall–Kier alpha value is -0.940. The predicted molar refractivity (Wildman–Crippen MR) is 75.1 cm³/mol. The van der Waals surface area contributed by atoms with Crippen LogP contribution < -0.4 is 4.72 Å². The Kier molecular flexibility index (Phi) is 4.42. The van der Waals surface area contributed by atoms with Crippen molar-refractivity contribution in [2.24, 2.45) is 5.41 Å². The normalized spacial score (nSPS) is 14.5. The van der Waals surface area contributed by atoms with Crippen molar-refractivity contribution in [2.45, 2.75) is 52.5 Å². The lowest BCUT2D eigenvalue weighted by atomic mass is 9.89. The molecule has 1 aromatic rings. The number of rotatable bonds is 3. The molecule has 0 aliphatic carbocycles. The van der Waals surface area contributed by atoms with Crippen LogP contribution in [0.2, 0.25) is 0 Å². The van der Waals surface area contributed by atoms with Gasteiger partial charge in [0.25, 0.3) is 0 Å². The molecule has 1 rings (SSSR count). The maximum absolute atomic E-state index is 13.2. The number of sulfonamides is 1. The second kappa shape index (κ2) is 5.21. The van der Waals surface area contributed by atoms with Crippen LogP contribution in [0.3, 0.4) is 0 Å². The van der Waals surface area contributed by atoms with Gasteiger partial charge in [-0.15, -0.1) is 0 Å². The SMILES string of the molecule is Cc1cc(F)cc(C)c1S(=O)(=O)NC(C)C(C)(C)C. The van der Waals surface area contributed by atoms with Crippen LogP contribution in [-0.2, 0) is 10.0 Å². The fourth-order valence-electron chi connectivity index (χ4n) is 1.79. The smallest absolute Gasteiger partial charge is 0.208 e. The van der Waals surface area contributed by atoms with Gasteiger partial charge in [-0.1, -0.05) is 20.8 Å². The third-order valence-corrected chi connectivity index (χ3v) is 5.17. The molecular weight excluding hydrogens is 265 g/mol. The molecule has 0 amide bonds. The van der Waals surface area contributed by atoms with Crippen LogP contribution >= 0.6 is 0 Å². The topological polar surface area (TPSA) is 46.2 Å². The van der Waals surface area contributed by atoms with Gasteiger partial charge in [0.15, 0.2) is 0 Å². The zero-order valence-electron chi connectivity index (χ0n) is 12.3. The third kappa shape index (κ3) is 3.76. The minimum Gasteiger partial charge on any atom is -0.208 e. The van der Waals surface area contributed by atoms with E-state index in [2.05, 4.69) is 4.72 Å². The largest absolute Gasteiger partial charge is 0.241 e. The van der Waals surface area contributed by atoms with E-state index in [4.69, 9.17) is 0 Å². The molecule has 0 aliphatic heterocycles. The Morgan fingerprint density at radius 2 is 1.58 bits per heavy atom. The number of hydrogen-bond acceptors (Lipinski definition) is 2. The molecule has 1 N–H and O–H groups in total. The van der Waals surface area contributed by atoms with Gasteiger partial charge in [-0.2, -0.15) is 0 Å². The van der Waals surface area contributed by atoms with Crippen LogP contribution in [0.25, 0.3) is 0 Å². The fraction of sp³-hybridized carbons (Fsp3) is 0.571. The van der Waals surface area contributed by atoms with Crippen molar-refractivity contribution in [1.82, 2.24) is 4.72 Å². The summed E-state index contributed by atoms with van der Waals surface area (Å²) in [4.78, 5) is 0.171. The van der Waals surface area contributed by atoms with Crippen molar-refractivity contribution < 1.29 is 12.8 Å². The lowest BCUT2D eigenvalue weighted by Gasteiger charge is -2.28. The Morgan fingerprint density at radius 1 is 1.16 bits per heavy atom. The minimum atomic E-state index is -3.64. The van der Waals surface area contributed by atoms with Gasteiger partial charge in [0.05, 0.1) is 4.90 Å². The minimum absolute atomic E-state index is 0.171. The average molecular weight is 287 g/mol. The van der Waals surface area contributed by atoms with E-state index in [9.17, 15) is 12.8 Å². The number of nitrogens with one attached hydrogen (secondary N) is 1. The summed E-state index contributed by atoms with van der Waals surface area (Å²) in [6.45, 7) is 10.9. The summed E-state index contributed by atoms with van der Waals surface area (Å²) >= 11 is 0. The van der Waals surface area contributed by atoms with Crippen molar-refractivity contribution in [3.8, 4) is 0 Å². The highest BCUT2D eigenvalue weighted by Crippen LogP contribution is 2.25. The predicted octanol–water partition coefficient (Wildman–Crippen LogP) is 3.16. The highest BCUT2D eigenvalue weighted by Gasteiger charge is 2.28. The number of hydrogen-bond donors (Lipinski definition) is 1. The first kappa shape index (κ1) is 16.1. The van der Waals surface area contributed by atoms with Gasteiger partial charge in [-0.3, -0.25) is 0 Å². The van der Waals surface area contributed by atoms with Crippen LogP contribution in [0.5, 0.6) is 0 Å². The molecule has 0 saturated carbocycles. The lowest BCUT2D eigenvalue weighted by molar-refractivity contribution is 0.317. The van der Waals surface area contributed by atoms with Crippen molar-refractivity contribution in [1.29, 1.82) is 0 Å². The second-order valence-electron chi connectivity index (χ2n) is 6.08. The molecule has 0 radical (unpaired) electrons. The maximum atomic E-state index is 13.2. The first-order chi connectivity index (χ1) is 8.45. The highest BCUT2D eigenvalue weighted by atomic mass is 32.2. The van der Waals surface area contributed by atoms with Gasteiger partial charge < -0.3 is 0 Å². The van der Waals surface area contributed by atoms with Crippen LogP contribution in [0.4, 0.5) is 4.39 Å². The Labute approximate surface area is 115 Å². The second-order valence-corrected chi connectivity index (χ2v) is 7.73. The van der Waals surface area contributed by atoms with E-state index in [1.807, 2.05) is 27.7 Å². The molecule has 3 nitrogen and oxygen atoms in total. The average Bonchev–Trinajstić information content (AvgIpc) is 2.11. The van der Waals surface area contributed by atoms with E-state index >= 15 is 0 Å². The molecule has 5 heteroatoms. The van der Waals surface area contributed by atoms with E-state index in [-0.39, 0.29) is 16.4 Å². The van der Waals surface area contributed by atoms with Gasteiger partial charge >= 0.3 is 0 Å². The summed E-state index contributed by atoms with van der Waals surface area (Å²) in [6, 6.07) is 2.26. The van der Waals surface area contributed by atoms with E-state index in [0.717, 1.165) is 0 Å². The fourth-order valence-corrected chi connectivity index (χ4v) is 3.69. The third-order valence-electron chi connectivity index (χ3n) is 3.32. The van der Waals surface area contributed by atoms with Gasteiger partial charge in [0, 0.05) is 6.04 Å². The van der Waals surface area contributed by atoms with Crippen LogP contribution in [0, 0.1) is 25.1 Å². The molecule has 0 spiro atoms. The summed E-state index contributed by atoms with van der Waals surface area (Å²) < 4.78 is 40.7. The molecule has 1 atom stereocenters. The van der Waals surface area contributed by atoms with Crippen LogP contribution in [0.1, 0.15) is 38.8 Å². The Morgan fingerprint density at radius 3 is 1.95 bits per heavy atom. The highest BCUT2D eigenvalue weighted by molar-refractivity contribution is 7.89. The molecular formula is C14H22FNO2S. The molecule has 0 heterocycles. The molecule has 19 heavy (non-hydrogen) atoms. The van der Waals surface area contributed by atoms with E-state index in [1.54, 1.807) is 13.8 Å². The van der Waals surface area contributed by atoms with Gasteiger partial charge in [-0.05, 0) is 49.4 Å². The summed E-state index contributed by atoms with van der Waals surface area (Å²) in [5.41, 5.74) is 0.659. The van der Waals surface area contributed by atoms with Crippen molar-refractivity contribution in [2.75, 3.05) is 0 Å². The van der Waals surface area contributed by atoms with E-state index < -0.39 is 15.8 Å². The summed E-state index contributed by atoms with van der Waals surface area (Å²) in [5, 5.41) is 0. The van der Waals surface area contributed by atoms with E-state index in [1.165, 1.54) is 12.1 Å². The Balaban J connectivity index is 3.23. The van der Waals surface area contributed by atoms with Gasteiger partial charge in [0.2, 0.25) is 10.0 Å². The number of halogens is 1. The standard InChI is InChI=1S/C14H22FNO2S/c1-9-7-12(15)8-10(2)13(9)19(17,18)16-11(3)14(4,5)6/h7-8,11,16H,1-6H3. The Bertz CT molecular complexity index is 551. The molecule has 0 fully saturated rings. The molecule has 0 aliphatic rings. The summed E-state index contributed by atoms with van der Waals surface area (Å²) in [5.74, 6) is -0.419. The zero-order chi connectivity index (χ0) is 15.0. The molecule has 1 unspecified atom stereocenters. The van der Waals surface area contributed by atoms with Crippen LogP contribution in [-0.4, -0.2) is 14.5 Å². The summed E-state index contributed by atoms with van der Waals surface area (Å²) in [6.07, 6.45) is 0. The van der Waals surface area contributed by atoms with Crippen molar-refractivity contribution >= 4 is 10.0 Å². The van der Waals surface area contributed by atoms with Crippen molar-refractivity contribution in [3.63, 3.8) is 0 Å². The zero-order valence-corrected chi connectivity index (χ0v) is 13.2. The van der Waals surface area contributed by atoms with Gasteiger partial charge in [0.1, 0.15) is 5.82 Å². The van der Waals surface area contributed by atoms with E-state index in [0.29, 0.717) is 11.1 Å². The van der Waals surface area contributed by atoms with Gasteiger partial charge in [-0.25, -0.2) is 17.5 Å². The molecule has 0 aromatic heterocycles. The van der Waals surface area contributed by atoms with Crippen LogP contribution in [0.15, 0.2) is 17.0 Å². The number of aryl methyl sites for hydroxylation is 2. The summed E-state index contributed by atoms with van der Waals surface area (Å²) in [7, 11) is -3.64. The first-order valence-corrected chi connectivity index (χ1v) is 7.72.